The number of benzene rings is 2. The Morgan fingerprint density at radius 2 is 1.60 bits per heavy atom. The SMILES string of the molecule is Cc1ccc(-c2ccccc2C#N)cc1. The topological polar surface area (TPSA) is 23.8 Å². The van der Waals surface area contributed by atoms with Crippen LogP contribution in [0.5, 0.6) is 0 Å². The second-order valence-electron chi connectivity index (χ2n) is 3.52. The molecule has 0 heterocycles. The number of aryl methyl sites for hydroxylation is 1. The van der Waals surface area contributed by atoms with E-state index in [0.29, 0.717) is 0 Å². The van der Waals surface area contributed by atoms with Gasteiger partial charge in [-0.1, -0.05) is 48.0 Å². The number of nitrogens with zero attached hydrogens (tertiary/aromatic N) is 1. The molecule has 0 atom stereocenters. The summed E-state index contributed by atoms with van der Waals surface area (Å²) in [5.74, 6) is 0. The molecule has 72 valence electrons. The quantitative estimate of drug-likeness (QED) is 0.679. The Balaban J connectivity index is 2.55. The molecule has 2 aromatic carbocycles. The van der Waals surface area contributed by atoms with Gasteiger partial charge >= 0.3 is 0 Å². The van der Waals surface area contributed by atoms with Gasteiger partial charge in [0.25, 0.3) is 0 Å². The molecule has 0 fully saturated rings. The Kier molecular flexibility index (Phi) is 2.51. The summed E-state index contributed by atoms with van der Waals surface area (Å²) < 4.78 is 0. The highest BCUT2D eigenvalue weighted by atomic mass is 14.2. The number of hydrogen-bond donors (Lipinski definition) is 0. The molecule has 0 radical (unpaired) electrons. The minimum absolute atomic E-state index is 0.723. The fraction of sp³-hybridized carbons (Fsp3) is 0.0714. The van der Waals surface area contributed by atoms with Crippen LogP contribution in [-0.4, -0.2) is 0 Å². The summed E-state index contributed by atoms with van der Waals surface area (Å²) >= 11 is 0. The van der Waals surface area contributed by atoms with Crippen molar-refractivity contribution in [2.75, 3.05) is 0 Å². The summed E-state index contributed by atoms with van der Waals surface area (Å²) in [6, 6.07) is 18.1. The zero-order valence-electron chi connectivity index (χ0n) is 8.57. The molecule has 1 heteroatoms. The third kappa shape index (κ3) is 1.89. The Morgan fingerprint density at radius 3 is 2.27 bits per heavy atom. The molecule has 2 rings (SSSR count). The van der Waals surface area contributed by atoms with E-state index in [1.807, 2.05) is 36.4 Å². The largest absolute Gasteiger partial charge is 0.192 e. The normalized spacial score (nSPS) is 9.60. The molecule has 0 aliphatic rings. The predicted molar refractivity (Wildman–Crippen MR) is 61.3 cm³/mol. The van der Waals surface area contributed by atoms with E-state index >= 15 is 0 Å². The van der Waals surface area contributed by atoms with Crippen molar-refractivity contribution in [3.05, 3.63) is 59.7 Å². The highest BCUT2D eigenvalue weighted by Gasteiger charge is 2.02. The Morgan fingerprint density at radius 1 is 0.933 bits per heavy atom. The van der Waals surface area contributed by atoms with Crippen molar-refractivity contribution in [1.29, 1.82) is 5.26 Å². The van der Waals surface area contributed by atoms with E-state index in [4.69, 9.17) is 5.26 Å². The first kappa shape index (κ1) is 9.48. The monoisotopic (exact) mass is 193 g/mol. The third-order valence-corrected chi connectivity index (χ3v) is 2.41. The Bertz CT molecular complexity index is 504. The van der Waals surface area contributed by atoms with Crippen molar-refractivity contribution in [3.8, 4) is 17.2 Å². The first-order valence-electron chi connectivity index (χ1n) is 4.87. The van der Waals surface area contributed by atoms with Gasteiger partial charge in [-0.2, -0.15) is 5.26 Å². The van der Waals surface area contributed by atoms with Gasteiger partial charge in [0.05, 0.1) is 11.6 Å². The average Bonchev–Trinajstić information content (AvgIpc) is 2.30. The molecular weight excluding hydrogens is 182 g/mol. The molecule has 1 nitrogen and oxygen atoms in total. The van der Waals surface area contributed by atoms with Gasteiger partial charge in [0.1, 0.15) is 0 Å². The Labute approximate surface area is 89.6 Å². The molecule has 15 heavy (non-hydrogen) atoms. The van der Waals surface area contributed by atoms with Crippen molar-refractivity contribution >= 4 is 0 Å². The summed E-state index contributed by atoms with van der Waals surface area (Å²) in [5, 5.41) is 8.98. The molecule has 0 spiro atoms. The van der Waals surface area contributed by atoms with Crippen LogP contribution in [-0.2, 0) is 0 Å². The minimum Gasteiger partial charge on any atom is -0.192 e. The molecule has 0 unspecified atom stereocenters. The van der Waals surface area contributed by atoms with Crippen LogP contribution in [0, 0.1) is 18.3 Å². The van der Waals surface area contributed by atoms with Crippen LogP contribution in [0.25, 0.3) is 11.1 Å². The van der Waals surface area contributed by atoms with Crippen LogP contribution in [0.4, 0.5) is 0 Å². The van der Waals surface area contributed by atoms with Crippen molar-refractivity contribution in [1.82, 2.24) is 0 Å². The summed E-state index contributed by atoms with van der Waals surface area (Å²) in [6.07, 6.45) is 0. The van der Waals surface area contributed by atoms with Gasteiger partial charge in [0, 0.05) is 0 Å². The summed E-state index contributed by atoms with van der Waals surface area (Å²) in [5.41, 5.74) is 4.05. The first-order valence-corrected chi connectivity index (χ1v) is 4.87. The summed E-state index contributed by atoms with van der Waals surface area (Å²) in [7, 11) is 0. The number of rotatable bonds is 1. The summed E-state index contributed by atoms with van der Waals surface area (Å²) in [4.78, 5) is 0. The van der Waals surface area contributed by atoms with E-state index in [1.54, 1.807) is 0 Å². The zero-order chi connectivity index (χ0) is 10.7. The fourth-order valence-corrected chi connectivity index (χ4v) is 1.57. The lowest BCUT2D eigenvalue weighted by atomic mass is 10.00. The molecule has 0 saturated heterocycles. The second-order valence-corrected chi connectivity index (χ2v) is 3.52. The van der Waals surface area contributed by atoms with Crippen molar-refractivity contribution in [3.63, 3.8) is 0 Å². The maximum absolute atomic E-state index is 8.98. The minimum atomic E-state index is 0.723. The van der Waals surface area contributed by atoms with Gasteiger partial charge in [0.2, 0.25) is 0 Å². The highest BCUT2D eigenvalue weighted by molar-refractivity contribution is 5.70. The molecule has 0 saturated carbocycles. The van der Waals surface area contributed by atoms with E-state index in [1.165, 1.54) is 5.56 Å². The lowest BCUT2D eigenvalue weighted by Crippen LogP contribution is -1.83. The van der Waals surface area contributed by atoms with E-state index in [0.717, 1.165) is 16.7 Å². The van der Waals surface area contributed by atoms with Crippen molar-refractivity contribution < 1.29 is 0 Å². The van der Waals surface area contributed by atoms with Gasteiger partial charge in [-0.3, -0.25) is 0 Å². The fourth-order valence-electron chi connectivity index (χ4n) is 1.57. The van der Waals surface area contributed by atoms with E-state index in [2.05, 4.69) is 25.1 Å². The molecule has 2 aromatic rings. The van der Waals surface area contributed by atoms with Crippen molar-refractivity contribution in [2.24, 2.45) is 0 Å². The van der Waals surface area contributed by atoms with Crippen LogP contribution >= 0.6 is 0 Å². The Hall–Kier alpha value is -2.07. The molecule has 0 aliphatic heterocycles. The van der Waals surface area contributed by atoms with Crippen LogP contribution in [0.2, 0.25) is 0 Å². The highest BCUT2D eigenvalue weighted by Crippen LogP contribution is 2.23. The third-order valence-electron chi connectivity index (χ3n) is 2.41. The van der Waals surface area contributed by atoms with Gasteiger partial charge in [-0.25, -0.2) is 0 Å². The number of hydrogen-bond acceptors (Lipinski definition) is 1. The summed E-state index contributed by atoms with van der Waals surface area (Å²) in [6.45, 7) is 2.06. The molecule has 0 aromatic heterocycles. The molecule has 0 amide bonds. The lowest BCUT2D eigenvalue weighted by Gasteiger charge is -2.03. The van der Waals surface area contributed by atoms with Gasteiger partial charge in [-0.05, 0) is 24.1 Å². The van der Waals surface area contributed by atoms with Crippen LogP contribution < -0.4 is 0 Å². The van der Waals surface area contributed by atoms with Crippen LogP contribution in [0.3, 0.4) is 0 Å². The zero-order valence-corrected chi connectivity index (χ0v) is 8.57. The van der Waals surface area contributed by atoms with E-state index < -0.39 is 0 Å². The molecule has 0 bridgehead atoms. The van der Waals surface area contributed by atoms with Crippen LogP contribution in [0.1, 0.15) is 11.1 Å². The number of nitriles is 1. The second kappa shape index (κ2) is 3.98. The van der Waals surface area contributed by atoms with E-state index in [-0.39, 0.29) is 0 Å². The van der Waals surface area contributed by atoms with Gasteiger partial charge < -0.3 is 0 Å². The lowest BCUT2D eigenvalue weighted by molar-refractivity contribution is 1.45. The average molecular weight is 193 g/mol. The first-order chi connectivity index (χ1) is 7.31. The molecule has 0 aliphatic carbocycles. The maximum Gasteiger partial charge on any atom is 0.0998 e. The predicted octanol–water partition coefficient (Wildman–Crippen LogP) is 3.53. The van der Waals surface area contributed by atoms with E-state index in [9.17, 15) is 0 Å². The smallest absolute Gasteiger partial charge is 0.0998 e. The maximum atomic E-state index is 8.98. The standard InChI is InChI=1S/C14H11N/c1-11-6-8-12(9-7-11)14-5-3-2-4-13(14)10-15/h2-9H,1H3. The van der Waals surface area contributed by atoms with Gasteiger partial charge in [0.15, 0.2) is 0 Å². The van der Waals surface area contributed by atoms with Crippen LogP contribution in [0.15, 0.2) is 48.5 Å². The van der Waals surface area contributed by atoms with Gasteiger partial charge in [-0.15, -0.1) is 0 Å². The van der Waals surface area contributed by atoms with Crippen molar-refractivity contribution in [2.45, 2.75) is 6.92 Å². The molecule has 0 N–H and O–H groups in total. The molecular formula is C14H11N.